The van der Waals surface area contributed by atoms with Gasteiger partial charge >= 0.3 is 0 Å². The molecule has 1 aliphatic rings. The summed E-state index contributed by atoms with van der Waals surface area (Å²) >= 11 is 0. The zero-order valence-electron chi connectivity index (χ0n) is 9.61. The second kappa shape index (κ2) is 4.31. The van der Waals surface area contributed by atoms with Gasteiger partial charge in [0.05, 0.1) is 0 Å². The fourth-order valence-corrected chi connectivity index (χ4v) is 2.40. The zero-order valence-corrected chi connectivity index (χ0v) is 9.61. The quantitative estimate of drug-likeness (QED) is 0.711. The van der Waals surface area contributed by atoms with E-state index in [9.17, 15) is 0 Å². The number of nitrogens with zero attached hydrogens (tertiary/aromatic N) is 3. The van der Waals surface area contributed by atoms with Crippen molar-refractivity contribution in [2.75, 3.05) is 0 Å². The molecule has 1 aromatic rings. The van der Waals surface area contributed by atoms with E-state index in [4.69, 9.17) is 5.73 Å². The second-order valence-corrected chi connectivity index (χ2v) is 4.57. The van der Waals surface area contributed by atoms with Crippen LogP contribution >= 0.6 is 0 Å². The SMILES string of the molecule is Cc1nnc(C2CCCCCC2N)n1C. The van der Waals surface area contributed by atoms with Crippen molar-refractivity contribution in [2.45, 2.75) is 51.0 Å². The van der Waals surface area contributed by atoms with E-state index in [-0.39, 0.29) is 6.04 Å². The van der Waals surface area contributed by atoms with Crippen molar-refractivity contribution in [1.82, 2.24) is 14.8 Å². The molecule has 4 nitrogen and oxygen atoms in total. The standard InChI is InChI=1S/C11H20N4/c1-8-13-14-11(15(8)2)9-6-4-3-5-7-10(9)12/h9-10H,3-7,12H2,1-2H3. The van der Waals surface area contributed by atoms with Crippen LogP contribution in [0.4, 0.5) is 0 Å². The smallest absolute Gasteiger partial charge is 0.137 e. The molecule has 4 heteroatoms. The maximum atomic E-state index is 6.21. The third-order valence-corrected chi connectivity index (χ3v) is 3.53. The molecule has 0 aromatic carbocycles. The molecule has 2 rings (SSSR count). The second-order valence-electron chi connectivity index (χ2n) is 4.57. The van der Waals surface area contributed by atoms with Crippen LogP contribution in [-0.2, 0) is 7.05 Å². The van der Waals surface area contributed by atoms with Crippen LogP contribution in [-0.4, -0.2) is 20.8 Å². The normalized spacial score (nSPS) is 27.7. The molecule has 15 heavy (non-hydrogen) atoms. The molecular formula is C11H20N4. The summed E-state index contributed by atoms with van der Waals surface area (Å²) in [5.74, 6) is 2.45. The largest absolute Gasteiger partial charge is 0.327 e. The minimum absolute atomic E-state index is 0.259. The van der Waals surface area contributed by atoms with Crippen LogP contribution in [0.1, 0.15) is 49.7 Å². The number of aryl methyl sites for hydroxylation is 1. The van der Waals surface area contributed by atoms with E-state index in [1.54, 1.807) is 0 Å². The van der Waals surface area contributed by atoms with E-state index >= 15 is 0 Å². The summed E-state index contributed by atoms with van der Waals surface area (Å²) in [5, 5.41) is 8.38. The molecule has 1 heterocycles. The Hall–Kier alpha value is -0.900. The first-order valence-corrected chi connectivity index (χ1v) is 5.81. The fraction of sp³-hybridized carbons (Fsp3) is 0.818. The Morgan fingerprint density at radius 2 is 1.93 bits per heavy atom. The van der Waals surface area contributed by atoms with Gasteiger partial charge in [-0.1, -0.05) is 19.3 Å². The molecule has 0 amide bonds. The maximum absolute atomic E-state index is 6.21. The molecule has 0 aliphatic heterocycles. The highest BCUT2D eigenvalue weighted by Crippen LogP contribution is 2.29. The van der Waals surface area contributed by atoms with Gasteiger partial charge in [0.25, 0.3) is 0 Å². The molecule has 1 aromatic heterocycles. The summed E-state index contributed by atoms with van der Waals surface area (Å²) < 4.78 is 2.08. The van der Waals surface area contributed by atoms with E-state index in [2.05, 4.69) is 14.8 Å². The van der Waals surface area contributed by atoms with Crippen LogP contribution in [0.5, 0.6) is 0 Å². The van der Waals surface area contributed by atoms with Crippen molar-refractivity contribution in [2.24, 2.45) is 12.8 Å². The molecule has 84 valence electrons. The molecule has 0 radical (unpaired) electrons. The molecule has 2 atom stereocenters. The fourth-order valence-electron chi connectivity index (χ4n) is 2.40. The van der Waals surface area contributed by atoms with Crippen LogP contribution in [0.3, 0.4) is 0 Å². The van der Waals surface area contributed by atoms with Gasteiger partial charge in [-0.3, -0.25) is 0 Å². The Bertz CT molecular complexity index is 331. The van der Waals surface area contributed by atoms with E-state index in [0.717, 1.165) is 24.5 Å². The van der Waals surface area contributed by atoms with Gasteiger partial charge in [-0.25, -0.2) is 0 Å². The van der Waals surface area contributed by atoms with Gasteiger partial charge in [0.15, 0.2) is 0 Å². The number of aromatic nitrogens is 3. The highest BCUT2D eigenvalue weighted by atomic mass is 15.3. The lowest BCUT2D eigenvalue weighted by Gasteiger charge is -2.20. The van der Waals surface area contributed by atoms with Crippen molar-refractivity contribution in [3.05, 3.63) is 11.6 Å². The van der Waals surface area contributed by atoms with E-state index in [1.807, 2.05) is 14.0 Å². The highest BCUT2D eigenvalue weighted by Gasteiger charge is 2.26. The maximum Gasteiger partial charge on any atom is 0.137 e. The lowest BCUT2D eigenvalue weighted by atomic mass is 9.95. The topological polar surface area (TPSA) is 56.7 Å². The van der Waals surface area contributed by atoms with Crippen molar-refractivity contribution >= 4 is 0 Å². The first kappa shape index (κ1) is 10.6. The van der Waals surface area contributed by atoms with Gasteiger partial charge in [-0.2, -0.15) is 0 Å². The zero-order chi connectivity index (χ0) is 10.8. The molecule has 1 fully saturated rings. The molecule has 1 saturated carbocycles. The average molecular weight is 208 g/mol. The lowest BCUT2D eigenvalue weighted by Crippen LogP contribution is -2.29. The highest BCUT2D eigenvalue weighted by molar-refractivity contribution is 5.04. The van der Waals surface area contributed by atoms with Crippen molar-refractivity contribution in [3.8, 4) is 0 Å². The van der Waals surface area contributed by atoms with Crippen LogP contribution in [0.15, 0.2) is 0 Å². The summed E-state index contributed by atoms with van der Waals surface area (Å²) in [7, 11) is 2.03. The Morgan fingerprint density at radius 1 is 1.20 bits per heavy atom. The third kappa shape index (κ3) is 2.04. The minimum atomic E-state index is 0.259. The predicted octanol–water partition coefficient (Wildman–Crippen LogP) is 1.50. The van der Waals surface area contributed by atoms with Gasteiger partial charge < -0.3 is 10.3 Å². The average Bonchev–Trinajstić information content (AvgIpc) is 2.43. The van der Waals surface area contributed by atoms with Crippen LogP contribution in [0, 0.1) is 6.92 Å². The van der Waals surface area contributed by atoms with E-state index in [1.165, 1.54) is 19.3 Å². The van der Waals surface area contributed by atoms with Crippen LogP contribution in [0.25, 0.3) is 0 Å². The summed E-state index contributed by atoms with van der Waals surface area (Å²) in [6.45, 7) is 1.98. The summed E-state index contributed by atoms with van der Waals surface area (Å²) in [6, 6.07) is 0.259. The number of rotatable bonds is 1. The molecule has 1 aliphatic carbocycles. The molecule has 0 saturated heterocycles. The van der Waals surface area contributed by atoms with Gasteiger partial charge in [-0.05, 0) is 19.8 Å². The van der Waals surface area contributed by atoms with Crippen molar-refractivity contribution in [1.29, 1.82) is 0 Å². The first-order valence-electron chi connectivity index (χ1n) is 5.81. The van der Waals surface area contributed by atoms with Gasteiger partial charge in [-0.15, -0.1) is 10.2 Å². The Labute approximate surface area is 90.9 Å². The molecule has 2 unspecified atom stereocenters. The summed E-state index contributed by atoms with van der Waals surface area (Å²) in [4.78, 5) is 0. The van der Waals surface area contributed by atoms with Crippen LogP contribution in [0.2, 0.25) is 0 Å². The first-order chi connectivity index (χ1) is 7.20. The number of nitrogens with two attached hydrogens (primary N) is 1. The Morgan fingerprint density at radius 3 is 2.60 bits per heavy atom. The van der Waals surface area contributed by atoms with E-state index in [0.29, 0.717) is 5.92 Å². The van der Waals surface area contributed by atoms with Crippen molar-refractivity contribution < 1.29 is 0 Å². The summed E-state index contributed by atoms with van der Waals surface area (Å²) in [6.07, 6.45) is 6.11. The minimum Gasteiger partial charge on any atom is -0.327 e. The monoisotopic (exact) mass is 208 g/mol. The molecule has 2 N–H and O–H groups in total. The van der Waals surface area contributed by atoms with Gasteiger partial charge in [0.1, 0.15) is 11.6 Å². The van der Waals surface area contributed by atoms with Crippen molar-refractivity contribution in [3.63, 3.8) is 0 Å². The summed E-state index contributed by atoms with van der Waals surface area (Å²) in [5.41, 5.74) is 6.21. The Kier molecular flexibility index (Phi) is 3.05. The molecule has 0 spiro atoms. The lowest BCUT2D eigenvalue weighted by molar-refractivity contribution is 0.470. The van der Waals surface area contributed by atoms with Gasteiger partial charge in [0.2, 0.25) is 0 Å². The van der Waals surface area contributed by atoms with Crippen LogP contribution < -0.4 is 5.73 Å². The molecular weight excluding hydrogens is 188 g/mol. The van der Waals surface area contributed by atoms with Gasteiger partial charge in [0, 0.05) is 19.0 Å². The number of hydrogen-bond donors (Lipinski definition) is 1. The number of hydrogen-bond acceptors (Lipinski definition) is 3. The molecule has 0 bridgehead atoms. The Balaban J connectivity index is 2.24. The predicted molar refractivity (Wildman–Crippen MR) is 59.5 cm³/mol. The third-order valence-electron chi connectivity index (χ3n) is 3.53. The van der Waals surface area contributed by atoms with E-state index < -0.39 is 0 Å².